The van der Waals surface area contributed by atoms with Gasteiger partial charge in [0.2, 0.25) is 5.91 Å². The molecule has 1 aliphatic heterocycles. The van der Waals surface area contributed by atoms with Crippen molar-refractivity contribution < 1.29 is 4.79 Å². The fourth-order valence-corrected chi connectivity index (χ4v) is 3.55. The Morgan fingerprint density at radius 1 is 1.33 bits per heavy atom. The number of aromatic nitrogens is 2. The van der Waals surface area contributed by atoms with Gasteiger partial charge in [-0.1, -0.05) is 6.07 Å². The van der Waals surface area contributed by atoms with E-state index >= 15 is 0 Å². The summed E-state index contributed by atoms with van der Waals surface area (Å²) in [6.45, 7) is 7.95. The second-order valence-corrected chi connectivity index (χ2v) is 7.12. The Morgan fingerprint density at radius 3 is 3.00 bits per heavy atom. The molecule has 1 fully saturated rings. The highest BCUT2D eigenvalue weighted by atomic mass is 32.2. The van der Waals surface area contributed by atoms with Gasteiger partial charge >= 0.3 is 0 Å². The molecule has 1 saturated heterocycles. The zero-order valence-corrected chi connectivity index (χ0v) is 14.9. The highest BCUT2D eigenvalue weighted by Gasteiger charge is 2.09. The van der Waals surface area contributed by atoms with Crippen molar-refractivity contribution in [2.45, 2.75) is 12.7 Å². The third-order valence-electron chi connectivity index (χ3n) is 4.09. The first-order valence-electron chi connectivity index (χ1n) is 8.42. The smallest absolute Gasteiger partial charge is 0.230 e. The number of pyridine rings is 1. The van der Waals surface area contributed by atoms with Crippen LogP contribution >= 0.6 is 11.8 Å². The van der Waals surface area contributed by atoms with E-state index < -0.39 is 0 Å². The van der Waals surface area contributed by atoms with Gasteiger partial charge in [-0.25, -0.2) is 4.98 Å². The van der Waals surface area contributed by atoms with Gasteiger partial charge in [0.05, 0.1) is 11.4 Å². The molecule has 0 unspecified atom stereocenters. The molecule has 0 spiro atoms. The van der Waals surface area contributed by atoms with E-state index in [4.69, 9.17) is 0 Å². The number of aryl methyl sites for hydroxylation is 1. The van der Waals surface area contributed by atoms with Gasteiger partial charge in [-0.3, -0.25) is 9.69 Å². The number of piperazine rings is 1. The molecule has 2 aromatic rings. The lowest BCUT2D eigenvalue weighted by molar-refractivity contribution is -0.118. The third kappa shape index (κ3) is 4.96. The van der Waals surface area contributed by atoms with Crippen LogP contribution in [-0.4, -0.2) is 65.2 Å². The van der Waals surface area contributed by atoms with Crippen molar-refractivity contribution in [3.05, 3.63) is 35.8 Å². The average Bonchev–Trinajstić information content (AvgIpc) is 2.97. The monoisotopic (exact) mass is 347 g/mol. The molecule has 3 rings (SSSR count). The van der Waals surface area contributed by atoms with Crippen LogP contribution in [0.25, 0.3) is 5.65 Å². The average molecular weight is 347 g/mol. The molecule has 2 N–H and O–H groups in total. The van der Waals surface area contributed by atoms with Gasteiger partial charge in [-0.2, -0.15) is 0 Å². The number of fused-ring (bicyclic) bond motifs is 1. The van der Waals surface area contributed by atoms with Crippen molar-refractivity contribution in [1.29, 1.82) is 0 Å². The summed E-state index contributed by atoms with van der Waals surface area (Å²) in [6, 6.07) is 4.08. The summed E-state index contributed by atoms with van der Waals surface area (Å²) in [7, 11) is 0. The molecular weight excluding hydrogens is 322 g/mol. The van der Waals surface area contributed by atoms with Crippen LogP contribution in [0.1, 0.15) is 11.3 Å². The molecule has 0 bridgehead atoms. The predicted molar refractivity (Wildman–Crippen MR) is 98.4 cm³/mol. The summed E-state index contributed by atoms with van der Waals surface area (Å²) in [5.74, 6) is 1.34. The molecule has 7 heteroatoms. The van der Waals surface area contributed by atoms with Gasteiger partial charge in [-0.15, -0.1) is 11.8 Å². The molecule has 1 aliphatic rings. The quantitative estimate of drug-likeness (QED) is 0.779. The van der Waals surface area contributed by atoms with E-state index in [-0.39, 0.29) is 5.91 Å². The summed E-state index contributed by atoms with van der Waals surface area (Å²) >= 11 is 1.61. The number of nitrogens with one attached hydrogen (secondary N) is 2. The van der Waals surface area contributed by atoms with E-state index in [9.17, 15) is 4.79 Å². The Kier molecular flexibility index (Phi) is 6.12. The van der Waals surface area contributed by atoms with Gasteiger partial charge in [0, 0.05) is 57.4 Å². The molecule has 0 atom stereocenters. The number of carbonyl (C=O) groups is 1. The topological polar surface area (TPSA) is 61.7 Å². The van der Waals surface area contributed by atoms with Crippen molar-refractivity contribution in [3.8, 4) is 0 Å². The normalized spacial score (nSPS) is 15.7. The third-order valence-corrected chi connectivity index (χ3v) is 5.06. The van der Waals surface area contributed by atoms with Crippen LogP contribution in [0.5, 0.6) is 0 Å². The van der Waals surface area contributed by atoms with Crippen LogP contribution in [0.3, 0.4) is 0 Å². The standard InChI is InChI=1S/C17H25N5OS/c1-14-2-3-16-20-15(11-22(16)10-14)12-24-13-17(23)19-6-9-21-7-4-18-5-8-21/h2-3,10-11,18H,4-9,12-13H2,1H3,(H,19,23). The van der Waals surface area contributed by atoms with Crippen molar-refractivity contribution >= 4 is 23.3 Å². The molecule has 2 aromatic heterocycles. The van der Waals surface area contributed by atoms with Crippen LogP contribution in [-0.2, 0) is 10.5 Å². The molecule has 24 heavy (non-hydrogen) atoms. The minimum atomic E-state index is 0.106. The molecule has 130 valence electrons. The first-order valence-corrected chi connectivity index (χ1v) is 9.58. The molecule has 0 radical (unpaired) electrons. The molecule has 6 nitrogen and oxygen atoms in total. The molecule has 0 saturated carbocycles. The number of carbonyl (C=O) groups excluding carboxylic acids is 1. The predicted octanol–water partition coefficient (Wildman–Crippen LogP) is 0.897. The van der Waals surface area contributed by atoms with Crippen molar-refractivity contribution in [2.75, 3.05) is 45.0 Å². The van der Waals surface area contributed by atoms with Crippen molar-refractivity contribution in [3.63, 3.8) is 0 Å². The summed E-state index contributed by atoms with van der Waals surface area (Å²) in [5, 5.41) is 6.33. The maximum atomic E-state index is 11.9. The van der Waals surface area contributed by atoms with Crippen LogP contribution in [0.2, 0.25) is 0 Å². The molecule has 0 aliphatic carbocycles. The van der Waals surface area contributed by atoms with Gasteiger partial charge < -0.3 is 15.0 Å². The van der Waals surface area contributed by atoms with Gasteiger partial charge in [0.25, 0.3) is 0 Å². The summed E-state index contributed by atoms with van der Waals surface area (Å²) in [5.41, 5.74) is 3.18. The van der Waals surface area contributed by atoms with Crippen LogP contribution in [0, 0.1) is 6.92 Å². The van der Waals surface area contributed by atoms with Gasteiger partial charge in [0.1, 0.15) is 5.65 Å². The maximum Gasteiger partial charge on any atom is 0.230 e. The first kappa shape index (κ1) is 17.3. The molecule has 1 amide bonds. The van der Waals surface area contributed by atoms with E-state index in [1.165, 1.54) is 5.56 Å². The Balaban J connectivity index is 1.35. The highest BCUT2D eigenvalue weighted by Crippen LogP contribution is 2.13. The van der Waals surface area contributed by atoms with E-state index in [1.807, 2.05) is 16.7 Å². The fraction of sp³-hybridized carbons (Fsp3) is 0.529. The number of thioether (sulfide) groups is 1. The number of imidazole rings is 1. The number of hydrogen-bond acceptors (Lipinski definition) is 5. The van der Waals surface area contributed by atoms with E-state index in [1.54, 1.807) is 11.8 Å². The van der Waals surface area contributed by atoms with Crippen LogP contribution in [0.15, 0.2) is 24.5 Å². The minimum Gasteiger partial charge on any atom is -0.354 e. The lowest BCUT2D eigenvalue weighted by Gasteiger charge is -2.27. The van der Waals surface area contributed by atoms with Crippen LogP contribution < -0.4 is 10.6 Å². The highest BCUT2D eigenvalue weighted by molar-refractivity contribution is 7.99. The maximum absolute atomic E-state index is 11.9. The van der Waals surface area contributed by atoms with E-state index in [0.717, 1.165) is 56.4 Å². The lowest BCUT2D eigenvalue weighted by Crippen LogP contribution is -2.46. The van der Waals surface area contributed by atoms with Crippen molar-refractivity contribution in [1.82, 2.24) is 24.9 Å². The first-order chi connectivity index (χ1) is 11.7. The second kappa shape index (κ2) is 8.50. The zero-order valence-electron chi connectivity index (χ0n) is 14.1. The largest absolute Gasteiger partial charge is 0.354 e. The summed E-state index contributed by atoms with van der Waals surface area (Å²) < 4.78 is 2.04. The zero-order chi connectivity index (χ0) is 16.8. The van der Waals surface area contributed by atoms with Crippen molar-refractivity contribution in [2.24, 2.45) is 0 Å². The summed E-state index contributed by atoms with van der Waals surface area (Å²) in [6.07, 6.45) is 4.11. The molecule has 3 heterocycles. The molecule has 0 aromatic carbocycles. The van der Waals surface area contributed by atoms with Crippen LogP contribution in [0.4, 0.5) is 0 Å². The molecular formula is C17H25N5OS. The van der Waals surface area contributed by atoms with E-state index in [0.29, 0.717) is 5.75 Å². The SMILES string of the molecule is Cc1ccc2nc(CSCC(=O)NCCN3CCNCC3)cn2c1. The Labute approximate surface area is 147 Å². The number of rotatable bonds is 7. The second-order valence-electron chi connectivity index (χ2n) is 6.14. The Hall–Kier alpha value is -1.57. The number of amides is 1. The number of nitrogens with zero attached hydrogens (tertiary/aromatic N) is 3. The van der Waals surface area contributed by atoms with E-state index in [2.05, 4.69) is 39.7 Å². The Bertz CT molecular complexity index is 681. The Morgan fingerprint density at radius 2 is 2.17 bits per heavy atom. The lowest BCUT2D eigenvalue weighted by atomic mass is 10.3. The fourth-order valence-electron chi connectivity index (χ4n) is 2.81. The van der Waals surface area contributed by atoms with Gasteiger partial charge in [0.15, 0.2) is 0 Å². The minimum absolute atomic E-state index is 0.106. The van der Waals surface area contributed by atoms with Gasteiger partial charge in [-0.05, 0) is 18.6 Å². The summed E-state index contributed by atoms with van der Waals surface area (Å²) in [4.78, 5) is 18.9. The number of hydrogen-bond donors (Lipinski definition) is 2.